The van der Waals surface area contributed by atoms with Gasteiger partial charge in [0.2, 0.25) is 0 Å². The van der Waals surface area contributed by atoms with Crippen LogP contribution in [-0.4, -0.2) is 50.0 Å². The van der Waals surface area contributed by atoms with Crippen molar-refractivity contribution in [3.63, 3.8) is 0 Å². The Morgan fingerprint density at radius 3 is 2.13 bits per heavy atom. The van der Waals surface area contributed by atoms with Crippen molar-refractivity contribution in [3.05, 3.63) is 0 Å². The molecule has 15 heavy (non-hydrogen) atoms. The van der Waals surface area contributed by atoms with E-state index in [1.54, 1.807) is 13.8 Å². The molecule has 0 aromatic rings. The minimum absolute atomic E-state index is 0.213. The van der Waals surface area contributed by atoms with Crippen LogP contribution in [-0.2, 0) is 4.74 Å². The lowest BCUT2D eigenvalue weighted by atomic mass is 10.2. The average Bonchev–Trinajstić information content (AvgIpc) is 2.09. The van der Waals surface area contributed by atoms with Crippen LogP contribution in [0.25, 0.3) is 0 Å². The number of hydrogen-bond acceptors (Lipinski definition) is 3. The van der Waals surface area contributed by atoms with Gasteiger partial charge in [-0.3, -0.25) is 4.90 Å². The SMILES string of the molecule is COCCN(C(C)C)C(CN)C(F)(F)F. The molecule has 0 aliphatic carbocycles. The van der Waals surface area contributed by atoms with E-state index in [9.17, 15) is 13.2 Å². The third kappa shape index (κ3) is 4.81. The van der Waals surface area contributed by atoms with Crippen LogP contribution in [0.3, 0.4) is 0 Å². The van der Waals surface area contributed by atoms with E-state index >= 15 is 0 Å². The summed E-state index contributed by atoms with van der Waals surface area (Å²) in [5.41, 5.74) is 5.17. The second kappa shape index (κ2) is 6.30. The molecule has 0 radical (unpaired) electrons. The standard InChI is InChI=1S/C9H19F3N2O/c1-7(2)14(4-5-15-3)8(6-13)9(10,11)12/h7-8H,4-6,13H2,1-3H3. The van der Waals surface area contributed by atoms with Crippen LogP contribution in [0.4, 0.5) is 13.2 Å². The van der Waals surface area contributed by atoms with Gasteiger partial charge in [0.1, 0.15) is 6.04 Å². The molecule has 0 fully saturated rings. The Hall–Kier alpha value is -0.330. The summed E-state index contributed by atoms with van der Waals surface area (Å²) in [4.78, 5) is 1.31. The fraction of sp³-hybridized carbons (Fsp3) is 1.00. The topological polar surface area (TPSA) is 38.5 Å². The zero-order valence-corrected chi connectivity index (χ0v) is 9.34. The zero-order valence-electron chi connectivity index (χ0n) is 9.34. The van der Waals surface area contributed by atoms with Crippen molar-refractivity contribution in [2.24, 2.45) is 5.73 Å². The van der Waals surface area contributed by atoms with Gasteiger partial charge in [0.25, 0.3) is 0 Å². The van der Waals surface area contributed by atoms with Gasteiger partial charge in [0, 0.05) is 26.2 Å². The van der Waals surface area contributed by atoms with Crippen molar-refractivity contribution < 1.29 is 17.9 Å². The molecule has 0 saturated carbocycles. The lowest BCUT2D eigenvalue weighted by Gasteiger charge is -2.35. The normalized spacial score (nSPS) is 15.0. The molecule has 2 N–H and O–H groups in total. The molecule has 0 bridgehead atoms. The van der Waals surface area contributed by atoms with E-state index in [-0.39, 0.29) is 19.2 Å². The monoisotopic (exact) mass is 228 g/mol. The smallest absolute Gasteiger partial charge is 0.383 e. The maximum absolute atomic E-state index is 12.6. The number of alkyl halides is 3. The van der Waals surface area contributed by atoms with E-state index in [1.807, 2.05) is 0 Å². The van der Waals surface area contributed by atoms with Crippen LogP contribution in [0.5, 0.6) is 0 Å². The van der Waals surface area contributed by atoms with Crippen LogP contribution in [0.2, 0.25) is 0 Å². The van der Waals surface area contributed by atoms with Crippen molar-refractivity contribution in [2.45, 2.75) is 32.1 Å². The van der Waals surface area contributed by atoms with Gasteiger partial charge in [0.15, 0.2) is 0 Å². The molecular formula is C9H19F3N2O. The van der Waals surface area contributed by atoms with Crippen LogP contribution < -0.4 is 5.73 Å². The van der Waals surface area contributed by atoms with Crippen LogP contribution in [0, 0.1) is 0 Å². The Bertz CT molecular complexity index is 173. The first kappa shape index (κ1) is 14.7. The van der Waals surface area contributed by atoms with Crippen LogP contribution in [0.1, 0.15) is 13.8 Å². The summed E-state index contributed by atoms with van der Waals surface area (Å²) in [5.74, 6) is 0. The third-order valence-electron chi connectivity index (χ3n) is 2.22. The summed E-state index contributed by atoms with van der Waals surface area (Å²) in [7, 11) is 1.46. The molecule has 6 heteroatoms. The number of rotatable bonds is 6. The maximum Gasteiger partial charge on any atom is 0.405 e. The molecular weight excluding hydrogens is 209 g/mol. The highest BCUT2D eigenvalue weighted by Gasteiger charge is 2.43. The van der Waals surface area contributed by atoms with Crippen LogP contribution >= 0.6 is 0 Å². The summed E-state index contributed by atoms with van der Waals surface area (Å²) < 4.78 is 42.6. The molecule has 0 amide bonds. The highest BCUT2D eigenvalue weighted by molar-refractivity contribution is 4.81. The largest absolute Gasteiger partial charge is 0.405 e. The molecule has 0 aromatic carbocycles. The summed E-state index contributed by atoms with van der Waals surface area (Å²) in [6, 6.07) is -1.80. The molecule has 0 saturated heterocycles. The minimum Gasteiger partial charge on any atom is -0.383 e. The summed E-state index contributed by atoms with van der Waals surface area (Å²) in [5, 5.41) is 0. The zero-order chi connectivity index (χ0) is 12.1. The summed E-state index contributed by atoms with van der Waals surface area (Å²) in [6.07, 6.45) is -4.28. The molecule has 0 rings (SSSR count). The van der Waals surface area contributed by atoms with E-state index < -0.39 is 18.8 Å². The number of nitrogens with two attached hydrogens (primary N) is 1. The molecule has 3 nitrogen and oxygen atoms in total. The Labute approximate surface area is 88.4 Å². The summed E-state index contributed by atoms with van der Waals surface area (Å²) in [6.45, 7) is 3.50. The molecule has 0 heterocycles. The van der Waals surface area contributed by atoms with Crippen molar-refractivity contribution in [3.8, 4) is 0 Å². The minimum atomic E-state index is -4.28. The number of ether oxygens (including phenoxy) is 1. The third-order valence-corrected chi connectivity index (χ3v) is 2.22. The summed E-state index contributed by atoms with van der Waals surface area (Å²) >= 11 is 0. The molecule has 1 unspecified atom stereocenters. The van der Waals surface area contributed by atoms with E-state index in [0.717, 1.165) is 0 Å². The first-order chi connectivity index (χ1) is 6.84. The number of halogens is 3. The molecule has 0 aliphatic heterocycles. The Kier molecular flexibility index (Phi) is 6.16. The van der Waals surface area contributed by atoms with Gasteiger partial charge in [-0.15, -0.1) is 0 Å². The van der Waals surface area contributed by atoms with E-state index in [0.29, 0.717) is 0 Å². The van der Waals surface area contributed by atoms with Gasteiger partial charge in [0.05, 0.1) is 6.61 Å². The maximum atomic E-state index is 12.6. The molecule has 0 aliphatic rings. The Balaban J connectivity index is 4.55. The molecule has 0 spiro atoms. The van der Waals surface area contributed by atoms with Crippen molar-refractivity contribution >= 4 is 0 Å². The van der Waals surface area contributed by atoms with Crippen molar-refractivity contribution in [1.82, 2.24) is 4.90 Å². The van der Waals surface area contributed by atoms with Gasteiger partial charge < -0.3 is 10.5 Å². The first-order valence-electron chi connectivity index (χ1n) is 4.86. The van der Waals surface area contributed by atoms with Gasteiger partial charge in [-0.05, 0) is 13.8 Å². The first-order valence-corrected chi connectivity index (χ1v) is 4.86. The lowest BCUT2D eigenvalue weighted by molar-refractivity contribution is -0.186. The predicted octanol–water partition coefficient (Wildman–Crippen LogP) is 1.23. The number of methoxy groups -OCH3 is 1. The number of nitrogens with zero attached hydrogens (tertiary/aromatic N) is 1. The van der Waals surface area contributed by atoms with Crippen molar-refractivity contribution in [2.75, 3.05) is 26.8 Å². The number of hydrogen-bond donors (Lipinski definition) is 1. The average molecular weight is 228 g/mol. The van der Waals surface area contributed by atoms with E-state index in [4.69, 9.17) is 10.5 Å². The predicted molar refractivity (Wildman–Crippen MR) is 52.6 cm³/mol. The van der Waals surface area contributed by atoms with E-state index in [1.165, 1.54) is 12.0 Å². The molecule has 1 atom stereocenters. The quantitative estimate of drug-likeness (QED) is 0.743. The second-order valence-electron chi connectivity index (χ2n) is 3.62. The fourth-order valence-electron chi connectivity index (χ4n) is 1.43. The highest BCUT2D eigenvalue weighted by atomic mass is 19.4. The Morgan fingerprint density at radius 1 is 1.33 bits per heavy atom. The molecule has 0 aromatic heterocycles. The van der Waals surface area contributed by atoms with Gasteiger partial charge in [-0.25, -0.2) is 0 Å². The second-order valence-corrected chi connectivity index (χ2v) is 3.62. The lowest BCUT2D eigenvalue weighted by Crippen LogP contribution is -2.53. The fourth-order valence-corrected chi connectivity index (χ4v) is 1.43. The van der Waals surface area contributed by atoms with Gasteiger partial charge >= 0.3 is 6.18 Å². The molecule has 92 valence electrons. The van der Waals surface area contributed by atoms with Gasteiger partial charge in [-0.1, -0.05) is 0 Å². The van der Waals surface area contributed by atoms with Crippen LogP contribution in [0.15, 0.2) is 0 Å². The highest BCUT2D eigenvalue weighted by Crippen LogP contribution is 2.25. The Morgan fingerprint density at radius 2 is 1.87 bits per heavy atom. The van der Waals surface area contributed by atoms with E-state index in [2.05, 4.69) is 0 Å². The van der Waals surface area contributed by atoms with Gasteiger partial charge in [-0.2, -0.15) is 13.2 Å². The van der Waals surface area contributed by atoms with Crippen molar-refractivity contribution in [1.29, 1.82) is 0 Å².